The summed E-state index contributed by atoms with van der Waals surface area (Å²) in [5, 5.41) is 10.3. The van der Waals surface area contributed by atoms with Crippen molar-refractivity contribution < 1.29 is 33.6 Å². The average Bonchev–Trinajstić information content (AvgIpc) is 3.35. The molecule has 3 rings (SSSR count). The van der Waals surface area contributed by atoms with Gasteiger partial charge in [-0.3, -0.25) is 0 Å². The largest absolute Gasteiger partial charge is 0.477 e. The van der Waals surface area contributed by atoms with Gasteiger partial charge in [0.05, 0.1) is 5.60 Å². The van der Waals surface area contributed by atoms with Gasteiger partial charge in [-0.2, -0.15) is 0 Å². The van der Waals surface area contributed by atoms with Crippen LogP contribution in [0.25, 0.3) is 0 Å². The number of aliphatic carboxylic acids is 1. The zero-order valence-electron chi connectivity index (χ0n) is 24.3. The van der Waals surface area contributed by atoms with Gasteiger partial charge in [-0.05, 0) is 103 Å². The molecule has 1 saturated carbocycles. The van der Waals surface area contributed by atoms with Crippen LogP contribution in [0, 0.1) is 11.8 Å². The highest BCUT2D eigenvalue weighted by Crippen LogP contribution is 2.37. The SMILES string of the molecule is CCCOC(C)(C)C/C=C/[C@H]1CCC[C@@H]1CCCCCC(OC1CCCCO1)(OC1CCCCO1)C(=O)O. The second kappa shape index (κ2) is 16.3. The second-order valence-electron chi connectivity index (χ2n) is 12.1. The summed E-state index contributed by atoms with van der Waals surface area (Å²) in [6.07, 6.45) is 19.1. The molecule has 2 unspecified atom stereocenters. The monoisotopic (exact) mass is 538 g/mol. The molecule has 2 aliphatic heterocycles. The van der Waals surface area contributed by atoms with Crippen molar-refractivity contribution in [2.24, 2.45) is 11.8 Å². The maximum atomic E-state index is 12.5. The average molecular weight is 539 g/mol. The van der Waals surface area contributed by atoms with Crippen LogP contribution >= 0.6 is 0 Å². The highest BCUT2D eigenvalue weighted by Gasteiger charge is 2.46. The number of carboxylic acids is 1. The minimum absolute atomic E-state index is 0.104. The van der Waals surface area contributed by atoms with Crippen LogP contribution in [0.15, 0.2) is 12.2 Å². The summed E-state index contributed by atoms with van der Waals surface area (Å²) in [4.78, 5) is 12.5. The van der Waals surface area contributed by atoms with E-state index in [0.717, 1.165) is 64.4 Å². The predicted octanol–water partition coefficient (Wildman–Crippen LogP) is 7.37. The molecule has 3 fully saturated rings. The molecule has 0 aromatic rings. The standard InChI is InChI=1S/C31H54O7/c1-4-22-36-30(2,3)20-13-17-26-16-12-15-25(26)14-6-5-9-21-31(29(32)33,37-27-18-7-10-23-34-27)38-28-19-8-11-24-35-28/h13,17,25-28H,4-12,14-16,18-24H2,1-3H3,(H,32,33)/b17-13+/t25-,26+,27?,28?,31?/m0/s1. The first kappa shape index (κ1) is 31.5. The van der Waals surface area contributed by atoms with Crippen LogP contribution in [0.4, 0.5) is 0 Å². The Morgan fingerprint density at radius 1 is 0.921 bits per heavy atom. The van der Waals surface area contributed by atoms with E-state index >= 15 is 0 Å². The molecule has 220 valence electrons. The van der Waals surface area contributed by atoms with E-state index in [1.165, 1.54) is 25.7 Å². The summed E-state index contributed by atoms with van der Waals surface area (Å²) < 4.78 is 29.6. The number of hydrogen-bond donors (Lipinski definition) is 1. The van der Waals surface area contributed by atoms with E-state index in [2.05, 4.69) is 32.9 Å². The van der Waals surface area contributed by atoms with Crippen LogP contribution in [0.2, 0.25) is 0 Å². The van der Waals surface area contributed by atoms with Gasteiger partial charge in [0.25, 0.3) is 5.79 Å². The van der Waals surface area contributed by atoms with Gasteiger partial charge >= 0.3 is 5.97 Å². The fourth-order valence-corrected chi connectivity index (χ4v) is 5.97. The smallest absolute Gasteiger partial charge is 0.364 e. The van der Waals surface area contributed by atoms with E-state index in [1.54, 1.807) is 0 Å². The third-order valence-electron chi connectivity index (χ3n) is 8.23. The highest BCUT2D eigenvalue weighted by molar-refractivity contribution is 5.75. The van der Waals surface area contributed by atoms with Crippen molar-refractivity contribution in [2.45, 2.75) is 147 Å². The van der Waals surface area contributed by atoms with Crippen LogP contribution < -0.4 is 0 Å². The molecule has 2 heterocycles. The molecular formula is C31H54O7. The Hall–Kier alpha value is -0.990. The third-order valence-corrected chi connectivity index (χ3v) is 8.23. The van der Waals surface area contributed by atoms with Gasteiger partial charge in [-0.25, -0.2) is 4.79 Å². The highest BCUT2D eigenvalue weighted by atomic mass is 16.8. The van der Waals surface area contributed by atoms with Crippen molar-refractivity contribution in [3.05, 3.63) is 12.2 Å². The number of allylic oxidation sites excluding steroid dienone is 1. The lowest BCUT2D eigenvalue weighted by molar-refractivity contribution is -0.352. The second-order valence-corrected chi connectivity index (χ2v) is 12.1. The first-order valence-electron chi connectivity index (χ1n) is 15.5. The molecule has 0 aromatic heterocycles. The lowest BCUT2D eigenvalue weighted by Crippen LogP contribution is -2.51. The summed E-state index contributed by atoms with van der Waals surface area (Å²) in [5.41, 5.74) is -0.104. The van der Waals surface area contributed by atoms with E-state index in [4.69, 9.17) is 23.7 Å². The Morgan fingerprint density at radius 2 is 1.61 bits per heavy atom. The van der Waals surface area contributed by atoms with Gasteiger partial charge in [0.2, 0.25) is 0 Å². The molecule has 1 N–H and O–H groups in total. The van der Waals surface area contributed by atoms with Crippen molar-refractivity contribution in [3.8, 4) is 0 Å². The number of rotatable bonds is 17. The quantitative estimate of drug-likeness (QED) is 0.118. The Bertz CT molecular complexity index is 674. The molecule has 4 atom stereocenters. The molecular weight excluding hydrogens is 484 g/mol. The fraction of sp³-hybridized carbons (Fsp3) is 0.903. The van der Waals surface area contributed by atoms with Crippen LogP contribution in [0.3, 0.4) is 0 Å². The molecule has 38 heavy (non-hydrogen) atoms. The van der Waals surface area contributed by atoms with Crippen molar-refractivity contribution in [2.75, 3.05) is 19.8 Å². The minimum atomic E-state index is -1.71. The molecule has 3 aliphatic rings. The van der Waals surface area contributed by atoms with Gasteiger partial charge in [-0.15, -0.1) is 0 Å². The number of unbranched alkanes of at least 4 members (excludes halogenated alkanes) is 2. The summed E-state index contributed by atoms with van der Waals surface area (Å²) >= 11 is 0. The molecule has 0 amide bonds. The van der Waals surface area contributed by atoms with Crippen LogP contribution in [0.1, 0.15) is 124 Å². The fourth-order valence-electron chi connectivity index (χ4n) is 5.97. The molecule has 2 saturated heterocycles. The van der Waals surface area contributed by atoms with Crippen molar-refractivity contribution in [1.82, 2.24) is 0 Å². The lowest BCUT2D eigenvalue weighted by Gasteiger charge is -2.38. The van der Waals surface area contributed by atoms with Crippen LogP contribution in [-0.2, 0) is 28.5 Å². The Morgan fingerprint density at radius 3 is 2.18 bits per heavy atom. The minimum Gasteiger partial charge on any atom is -0.477 e. The van der Waals surface area contributed by atoms with E-state index in [9.17, 15) is 9.90 Å². The molecule has 0 aromatic carbocycles. The Balaban J connectivity index is 1.47. The number of carboxylic acid groups (broad SMARTS) is 1. The first-order valence-corrected chi connectivity index (χ1v) is 15.5. The predicted molar refractivity (Wildman–Crippen MR) is 148 cm³/mol. The molecule has 7 nitrogen and oxygen atoms in total. The zero-order chi connectivity index (χ0) is 27.3. The van der Waals surface area contributed by atoms with Gasteiger partial charge in [0.1, 0.15) is 0 Å². The maximum Gasteiger partial charge on any atom is 0.364 e. The Kier molecular flexibility index (Phi) is 13.5. The number of carbonyl (C=O) groups is 1. The van der Waals surface area contributed by atoms with Gasteiger partial charge in [0.15, 0.2) is 12.6 Å². The summed E-state index contributed by atoms with van der Waals surface area (Å²) in [5.74, 6) is -1.43. The van der Waals surface area contributed by atoms with Gasteiger partial charge in [-0.1, -0.05) is 38.3 Å². The normalized spacial score (nSPS) is 28.5. The molecule has 0 bridgehead atoms. The first-order chi connectivity index (χ1) is 18.3. The van der Waals surface area contributed by atoms with Crippen molar-refractivity contribution >= 4 is 5.97 Å². The summed E-state index contributed by atoms with van der Waals surface area (Å²) in [7, 11) is 0. The topological polar surface area (TPSA) is 83.5 Å². The van der Waals surface area contributed by atoms with E-state index < -0.39 is 24.3 Å². The third kappa shape index (κ3) is 10.5. The van der Waals surface area contributed by atoms with Crippen LogP contribution in [0.5, 0.6) is 0 Å². The molecule has 0 spiro atoms. The van der Waals surface area contributed by atoms with Gasteiger partial charge < -0.3 is 28.8 Å². The molecule has 0 radical (unpaired) electrons. The summed E-state index contributed by atoms with van der Waals surface area (Å²) in [6.45, 7) is 8.50. The van der Waals surface area contributed by atoms with E-state index in [0.29, 0.717) is 44.3 Å². The Labute approximate surface area is 231 Å². The van der Waals surface area contributed by atoms with Crippen LogP contribution in [-0.4, -0.2) is 54.9 Å². The summed E-state index contributed by atoms with van der Waals surface area (Å²) in [6, 6.07) is 0. The van der Waals surface area contributed by atoms with E-state index in [1.807, 2.05) is 0 Å². The number of ether oxygens (including phenoxy) is 5. The molecule has 1 aliphatic carbocycles. The van der Waals surface area contributed by atoms with Crippen molar-refractivity contribution in [1.29, 1.82) is 0 Å². The zero-order valence-corrected chi connectivity index (χ0v) is 24.3. The van der Waals surface area contributed by atoms with Gasteiger partial charge in [0, 0.05) is 26.2 Å². The van der Waals surface area contributed by atoms with E-state index in [-0.39, 0.29) is 5.60 Å². The number of hydrogen-bond acceptors (Lipinski definition) is 6. The lowest BCUT2D eigenvalue weighted by atomic mass is 9.89. The van der Waals surface area contributed by atoms with Crippen molar-refractivity contribution in [3.63, 3.8) is 0 Å². The maximum absolute atomic E-state index is 12.5. The molecule has 7 heteroatoms.